The molecule has 0 bridgehead atoms. The number of hydrogen-bond acceptors (Lipinski definition) is 6. The number of carbonyl (C=O) groups is 3. The number of amides is 2. The molecular weight excluding hydrogens is 470 g/mol. The van der Waals surface area contributed by atoms with Crippen molar-refractivity contribution in [2.24, 2.45) is 0 Å². The third kappa shape index (κ3) is 5.65. The van der Waals surface area contributed by atoms with Crippen molar-refractivity contribution in [3.63, 3.8) is 0 Å². The number of Topliss-reactive ketones (excluding diaryl/α,β-unsaturated/α-hetero) is 1. The van der Waals surface area contributed by atoms with E-state index >= 15 is 0 Å². The first-order chi connectivity index (χ1) is 18.0. The molecule has 0 unspecified atom stereocenters. The molecule has 0 spiro atoms. The smallest absolute Gasteiger partial charge is 0.289 e. The number of nitrogens with zero attached hydrogens (tertiary/aromatic N) is 3. The van der Waals surface area contributed by atoms with Crippen LogP contribution in [0, 0.1) is 0 Å². The van der Waals surface area contributed by atoms with Crippen molar-refractivity contribution in [2.45, 2.75) is 13.5 Å². The highest BCUT2D eigenvalue weighted by Gasteiger charge is 2.28. The first-order valence-electron chi connectivity index (χ1n) is 12.4. The van der Waals surface area contributed by atoms with Crippen molar-refractivity contribution < 1.29 is 23.5 Å². The van der Waals surface area contributed by atoms with Crippen LogP contribution in [0.1, 0.15) is 39.2 Å². The summed E-state index contributed by atoms with van der Waals surface area (Å²) in [5, 5.41) is 0. The van der Waals surface area contributed by atoms with Gasteiger partial charge in [0.1, 0.15) is 11.5 Å². The summed E-state index contributed by atoms with van der Waals surface area (Å²) in [5.41, 5.74) is 2.18. The number of carbonyl (C=O) groups excluding carboxylic acids is 3. The van der Waals surface area contributed by atoms with Crippen LogP contribution in [0.2, 0.25) is 0 Å². The van der Waals surface area contributed by atoms with Gasteiger partial charge in [0.05, 0.1) is 12.2 Å². The van der Waals surface area contributed by atoms with E-state index in [-0.39, 0.29) is 36.5 Å². The van der Waals surface area contributed by atoms with Crippen molar-refractivity contribution in [1.82, 2.24) is 9.80 Å². The lowest BCUT2D eigenvalue weighted by Crippen LogP contribution is -2.48. The molecule has 8 heteroatoms. The Morgan fingerprint density at radius 1 is 0.973 bits per heavy atom. The van der Waals surface area contributed by atoms with Crippen LogP contribution in [-0.4, -0.2) is 66.7 Å². The number of ketones is 1. The largest absolute Gasteiger partial charge is 0.482 e. The number of ether oxygens (including phenoxy) is 1. The number of anilines is 1. The zero-order valence-electron chi connectivity index (χ0n) is 20.8. The summed E-state index contributed by atoms with van der Waals surface area (Å²) >= 11 is 0. The summed E-state index contributed by atoms with van der Waals surface area (Å²) in [5.74, 6) is 0.782. The number of hydrogen-bond donors (Lipinski definition) is 0. The third-order valence-corrected chi connectivity index (χ3v) is 6.63. The van der Waals surface area contributed by atoms with Crippen molar-refractivity contribution >= 4 is 29.4 Å². The molecule has 3 aromatic rings. The van der Waals surface area contributed by atoms with Gasteiger partial charge in [-0.05, 0) is 42.8 Å². The molecule has 1 fully saturated rings. The highest BCUT2D eigenvalue weighted by Crippen LogP contribution is 2.34. The van der Waals surface area contributed by atoms with Crippen molar-refractivity contribution in [2.75, 3.05) is 44.2 Å². The lowest BCUT2D eigenvalue weighted by Gasteiger charge is -2.33. The Morgan fingerprint density at radius 2 is 1.76 bits per heavy atom. The van der Waals surface area contributed by atoms with E-state index in [1.807, 2.05) is 18.2 Å². The van der Waals surface area contributed by atoms with Gasteiger partial charge < -0.3 is 14.1 Å². The summed E-state index contributed by atoms with van der Waals surface area (Å²) in [6.45, 7) is 5.18. The molecule has 0 aliphatic carbocycles. The fraction of sp³-hybridized carbons (Fsp3) is 0.276. The summed E-state index contributed by atoms with van der Waals surface area (Å²) in [7, 11) is 0. The van der Waals surface area contributed by atoms with E-state index in [0.717, 1.165) is 19.6 Å². The molecule has 2 aromatic carbocycles. The molecule has 190 valence electrons. The molecule has 0 atom stereocenters. The maximum atomic E-state index is 13.1. The van der Waals surface area contributed by atoms with E-state index in [2.05, 4.69) is 29.2 Å². The fourth-order valence-corrected chi connectivity index (χ4v) is 4.52. The van der Waals surface area contributed by atoms with E-state index in [1.165, 1.54) is 17.4 Å². The molecule has 0 radical (unpaired) electrons. The molecule has 3 heterocycles. The van der Waals surface area contributed by atoms with Crippen LogP contribution in [-0.2, 0) is 11.3 Å². The fourth-order valence-electron chi connectivity index (χ4n) is 4.52. The van der Waals surface area contributed by atoms with Gasteiger partial charge in [0.15, 0.2) is 18.2 Å². The monoisotopic (exact) mass is 499 g/mol. The third-order valence-electron chi connectivity index (χ3n) is 6.63. The van der Waals surface area contributed by atoms with E-state index in [0.29, 0.717) is 35.9 Å². The SMILES string of the molecule is CC(=O)c1ccc2c(c1)N(Cc1ccc(C(=O)N3CCN(CC=Cc4ccccc4)CC3)o1)C(=O)CO2. The Bertz CT molecular complexity index is 1320. The second-order valence-electron chi connectivity index (χ2n) is 9.18. The van der Waals surface area contributed by atoms with Crippen LogP contribution in [0.15, 0.2) is 71.2 Å². The van der Waals surface area contributed by atoms with Gasteiger partial charge >= 0.3 is 0 Å². The summed E-state index contributed by atoms with van der Waals surface area (Å²) < 4.78 is 11.4. The molecule has 2 amide bonds. The number of piperazine rings is 1. The van der Waals surface area contributed by atoms with Crippen LogP contribution < -0.4 is 9.64 Å². The van der Waals surface area contributed by atoms with Gasteiger partial charge in [-0.15, -0.1) is 0 Å². The molecule has 0 saturated carbocycles. The topological polar surface area (TPSA) is 83.3 Å². The second kappa shape index (κ2) is 10.8. The lowest BCUT2D eigenvalue weighted by atomic mass is 10.1. The van der Waals surface area contributed by atoms with Crippen molar-refractivity contribution in [3.05, 3.63) is 89.4 Å². The van der Waals surface area contributed by atoms with Crippen LogP contribution in [0.4, 0.5) is 5.69 Å². The summed E-state index contributed by atoms with van der Waals surface area (Å²) in [6, 6.07) is 18.6. The maximum Gasteiger partial charge on any atom is 0.289 e. The average molecular weight is 500 g/mol. The van der Waals surface area contributed by atoms with Crippen LogP contribution in [0.25, 0.3) is 6.08 Å². The van der Waals surface area contributed by atoms with Crippen LogP contribution in [0.5, 0.6) is 5.75 Å². The minimum Gasteiger partial charge on any atom is -0.482 e. The summed E-state index contributed by atoms with van der Waals surface area (Å²) in [4.78, 5) is 43.1. The zero-order chi connectivity index (χ0) is 25.8. The Labute approximate surface area is 215 Å². The highest BCUT2D eigenvalue weighted by atomic mass is 16.5. The van der Waals surface area contributed by atoms with E-state index in [1.54, 1.807) is 35.2 Å². The van der Waals surface area contributed by atoms with Gasteiger partial charge in [-0.25, -0.2) is 0 Å². The van der Waals surface area contributed by atoms with Gasteiger partial charge in [-0.1, -0.05) is 42.5 Å². The number of fused-ring (bicyclic) bond motifs is 1. The first kappa shape index (κ1) is 24.5. The standard InChI is InChI=1S/C29H29N3O5/c1-21(33)23-9-11-26-25(18-23)32(28(34)20-36-26)19-24-10-12-27(37-24)29(35)31-16-14-30(15-17-31)13-5-8-22-6-3-2-4-7-22/h2-12,18H,13-17,19-20H2,1H3. The number of furan rings is 1. The molecule has 5 rings (SSSR count). The molecule has 2 aliphatic heterocycles. The molecule has 8 nitrogen and oxygen atoms in total. The van der Waals surface area contributed by atoms with E-state index in [4.69, 9.17) is 9.15 Å². The maximum absolute atomic E-state index is 13.1. The number of rotatable bonds is 7. The van der Waals surface area contributed by atoms with Gasteiger partial charge in [0.25, 0.3) is 11.8 Å². The molecule has 2 aliphatic rings. The zero-order valence-corrected chi connectivity index (χ0v) is 20.8. The van der Waals surface area contributed by atoms with Gasteiger partial charge in [0.2, 0.25) is 0 Å². The van der Waals surface area contributed by atoms with Crippen LogP contribution >= 0.6 is 0 Å². The molecule has 0 N–H and O–H groups in total. The Hall–Kier alpha value is -4.17. The van der Waals surface area contributed by atoms with Crippen molar-refractivity contribution in [3.8, 4) is 5.75 Å². The van der Waals surface area contributed by atoms with Gasteiger partial charge in [-0.2, -0.15) is 0 Å². The predicted octanol–water partition coefficient (Wildman–Crippen LogP) is 3.88. The summed E-state index contributed by atoms with van der Waals surface area (Å²) in [6.07, 6.45) is 4.26. The highest BCUT2D eigenvalue weighted by molar-refractivity contribution is 6.01. The molecule has 37 heavy (non-hydrogen) atoms. The minimum absolute atomic E-state index is 0.0935. The lowest BCUT2D eigenvalue weighted by molar-refractivity contribution is -0.121. The van der Waals surface area contributed by atoms with Crippen LogP contribution in [0.3, 0.4) is 0 Å². The van der Waals surface area contributed by atoms with Gasteiger partial charge in [-0.3, -0.25) is 24.2 Å². The molecular formula is C29H29N3O5. The van der Waals surface area contributed by atoms with Crippen molar-refractivity contribution in [1.29, 1.82) is 0 Å². The predicted molar refractivity (Wildman–Crippen MR) is 140 cm³/mol. The second-order valence-corrected chi connectivity index (χ2v) is 9.18. The average Bonchev–Trinajstić information content (AvgIpc) is 3.39. The Balaban J connectivity index is 1.18. The number of benzene rings is 2. The van der Waals surface area contributed by atoms with E-state index < -0.39 is 0 Å². The Morgan fingerprint density at radius 3 is 2.51 bits per heavy atom. The van der Waals surface area contributed by atoms with Gasteiger partial charge in [0, 0.05) is 38.3 Å². The first-order valence-corrected chi connectivity index (χ1v) is 12.4. The van der Waals surface area contributed by atoms with E-state index in [9.17, 15) is 14.4 Å². The quantitative estimate of drug-likeness (QED) is 0.459. The normalized spacial score (nSPS) is 16.1. The molecule has 1 saturated heterocycles. The minimum atomic E-state index is -0.241. The Kier molecular flexibility index (Phi) is 7.18. The molecule has 1 aromatic heterocycles.